The molecule has 9 heteroatoms. The number of anilines is 1. The van der Waals surface area contributed by atoms with Crippen LogP contribution in [0.4, 0.5) is 10.1 Å². The predicted octanol–water partition coefficient (Wildman–Crippen LogP) is 4.16. The lowest BCUT2D eigenvalue weighted by molar-refractivity contribution is -0.120. The van der Waals surface area contributed by atoms with E-state index in [4.69, 9.17) is 9.47 Å². The van der Waals surface area contributed by atoms with Crippen LogP contribution in [-0.2, 0) is 27.7 Å². The normalized spacial score (nSPS) is 15.2. The number of hydrogen-bond acceptors (Lipinski definition) is 5. The van der Waals surface area contributed by atoms with Crippen LogP contribution in [-0.4, -0.2) is 34.1 Å². The maximum atomic E-state index is 13.7. The lowest BCUT2D eigenvalue weighted by Crippen LogP contribution is -2.41. The Labute approximate surface area is 209 Å². The number of halogens is 1. The average molecular weight is 511 g/mol. The number of hydrogen-bond donors (Lipinski definition) is 1. The molecule has 1 atom stereocenters. The minimum atomic E-state index is -4.19. The van der Waals surface area contributed by atoms with Gasteiger partial charge in [0.2, 0.25) is 5.91 Å². The number of amides is 1. The first-order chi connectivity index (χ1) is 17.3. The highest BCUT2D eigenvalue weighted by atomic mass is 32.2. The van der Waals surface area contributed by atoms with E-state index < -0.39 is 28.3 Å². The van der Waals surface area contributed by atoms with E-state index in [0.29, 0.717) is 24.7 Å². The number of carbonyl (C=O) groups is 1. The third kappa shape index (κ3) is 4.88. The second-order valence-corrected chi connectivity index (χ2v) is 10.8. The number of nitrogens with zero attached hydrogens (tertiary/aromatic N) is 1. The van der Waals surface area contributed by atoms with Gasteiger partial charge in [-0.15, -0.1) is 0 Å². The lowest BCUT2D eigenvalue weighted by atomic mass is 10.0. The summed E-state index contributed by atoms with van der Waals surface area (Å²) in [6.07, 6.45) is 3.22. The van der Waals surface area contributed by atoms with Gasteiger partial charge in [-0.2, -0.15) is 0 Å². The van der Waals surface area contributed by atoms with Crippen molar-refractivity contribution in [2.75, 3.05) is 24.1 Å². The van der Waals surface area contributed by atoms with E-state index in [0.717, 1.165) is 41.3 Å². The number of ether oxygens (including phenoxy) is 2. The lowest BCUT2D eigenvalue weighted by Gasteiger charge is -2.26. The van der Waals surface area contributed by atoms with Gasteiger partial charge in [-0.3, -0.25) is 9.10 Å². The van der Waals surface area contributed by atoms with E-state index >= 15 is 0 Å². The molecule has 1 amide bonds. The van der Waals surface area contributed by atoms with Gasteiger partial charge in [0.05, 0.1) is 16.6 Å². The molecule has 3 aromatic rings. The number of rotatable bonds is 7. The molecule has 0 radical (unpaired) electrons. The standard InChI is InChI=1S/C27H27FN2O5S/c1-18(20-6-5-19-3-2-4-21(19)15-20)29-27(31)17-30(23-9-7-22(28)8-10-23)36(32,33)24-11-12-25-26(16-24)35-14-13-34-25/h5-12,15-16,18H,2-4,13-14,17H2,1H3,(H,29,31)/t18-/m1/s1. The van der Waals surface area contributed by atoms with Crippen LogP contribution < -0.4 is 19.1 Å². The fourth-order valence-electron chi connectivity index (χ4n) is 4.60. The highest BCUT2D eigenvalue weighted by Crippen LogP contribution is 2.34. The molecule has 2 aliphatic rings. The fraction of sp³-hybridized carbons (Fsp3) is 0.296. The molecule has 1 aliphatic heterocycles. The zero-order chi connectivity index (χ0) is 25.3. The maximum absolute atomic E-state index is 13.7. The summed E-state index contributed by atoms with van der Waals surface area (Å²) in [7, 11) is -4.19. The van der Waals surface area contributed by atoms with E-state index in [1.807, 2.05) is 13.0 Å². The van der Waals surface area contributed by atoms with E-state index in [2.05, 4.69) is 17.4 Å². The van der Waals surface area contributed by atoms with Crippen molar-refractivity contribution in [2.45, 2.75) is 37.1 Å². The van der Waals surface area contributed by atoms with Crippen LogP contribution in [0.3, 0.4) is 0 Å². The second-order valence-electron chi connectivity index (χ2n) is 8.96. The number of nitrogens with one attached hydrogen (secondary N) is 1. The largest absolute Gasteiger partial charge is 0.486 e. The van der Waals surface area contributed by atoms with Crippen molar-refractivity contribution in [1.82, 2.24) is 5.32 Å². The molecular formula is C27H27FN2O5S. The molecule has 0 aromatic heterocycles. The molecule has 0 unspecified atom stereocenters. The summed E-state index contributed by atoms with van der Waals surface area (Å²) in [6, 6.07) is 15.2. The van der Waals surface area contributed by atoms with Crippen molar-refractivity contribution < 1.29 is 27.1 Å². The van der Waals surface area contributed by atoms with Gasteiger partial charge in [-0.1, -0.05) is 18.2 Å². The molecule has 0 fully saturated rings. The van der Waals surface area contributed by atoms with Crippen LogP contribution in [0.5, 0.6) is 11.5 Å². The van der Waals surface area contributed by atoms with Crippen LogP contribution in [0.15, 0.2) is 65.6 Å². The Balaban J connectivity index is 1.40. The summed E-state index contributed by atoms with van der Waals surface area (Å²) in [5.41, 5.74) is 3.77. The van der Waals surface area contributed by atoms with Crippen LogP contribution in [0.2, 0.25) is 0 Å². The zero-order valence-corrected chi connectivity index (χ0v) is 20.7. The summed E-state index contributed by atoms with van der Waals surface area (Å²) in [4.78, 5) is 13.0. The second kappa shape index (κ2) is 9.81. The van der Waals surface area contributed by atoms with E-state index in [1.165, 1.54) is 41.5 Å². The Morgan fingerprint density at radius 2 is 1.69 bits per heavy atom. The highest BCUT2D eigenvalue weighted by Gasteiger charge is 2.29. The van der Waals surface area contributed by atoms with Crippen LogP contribution in [0.25, 0.3) is 0 Å². The molecule has 36 heavy (non-hydrogen) atoms. The van der Waals surface area contributed by atoms with Crippen LogP contribution in [0, 0.1) is 5.82 Å². The quantitative estimate of drug-likeness (QED) is 0.516. The molecule has 0 bridgehead atoms. The molecule has 0 saturated heterocycles. The Morgan fingerprint density at radius 3 is 2.47 bits per heavy atom. The number of sulfonamides is 1. The first-order valence-electron chi connectivity index (χ1n) is 11.9. The molecule has 1 heterocycles. The molecular weight excluding hydrogens is 483 g/mol. The monoisotopic (exact) mass is 510 g/mol. The molecule has 1 N–H and O–H groups in total. The molecule has 1 aliphatic carbocycles. The van der Waals surface area contributed by atoms with E-state index in [9.17, 15) is 17.6 Å². The van der Waals surface area contributed by atoms with Crippen molar-refractivity contribution >= 4 is 21.6 Å². The molecule has 5 rings (SSSR count). The summed E-state index contributed by atoms with van der Waals surface area (Å²) in [5.74, 6) is -0.218. The summed E-state index contributed by atoms with van der Waals surface area (Å²) < 4.78 is 53.0. The van der Waals surface area contributed by atoms with E-state index in [1.54, 1.807) is 0 Å². The van der Waals surface area contributed by atoms with Crippen LogP contribution in [0.1, 0.15) is 36.1 Å². The summed E-state index contributed by atoms with van der Waals surface area (Å²) in [5, 5.41) is 2.91. The number of carbonyl (C=O) groups excluding carboxylic acids is 1. The van der Waals surface area contributed by atoms with Crippen molar-refractivity contribution in [1.29, 1.82) is 0 Å². The van der Waals surface area contributed by atoms with Gasteiger partial charge in [0, 0.05) is 6.07 Å². The summed E-state index contributed by atoms with van der Waals surface area (Å²) >= 11 is 0. The Morgan fingerprint density at radius 1 is 0.972 bits per heavy atom. The Hall–Kier alpha value is -3.59. The molecule has 0 saturated carbocycles. The van der Waals surface area contributed by atoms with Crippen molar-refractivity contribution in [3.63, 3.8) is 0 Å². The van der Waals surface area contributed by atoms with E-state index in [-0.39, 0.29) is 16.6 Å². The van der Waals surface area contributed by atoms with Gasteiger partial charge >= 0.3 is 0 Å². The minimum Gasteiger partial charge on any atom is -0.486 e. The average Bonchev–Trinajstić information content (AvgIpc) is 3.35. The van der Waals surface area contributed by atoms with Gasteiger partial charge in [0.15, 0.2) is 11.5 Å². The minimum absolute atomic E-state index is 0.0597. The zero-order valence-electron chi connectivity index (χ0n) is 19.9. The predicted molar refractivity (Wildman–Crippen MR) is 133 cm³/mol. The fourth-order valence-corrected chi connectivity index (χ4v) is 6.03. The SMILES string of the molecule is C[C@@H](NC(=O)CN(c1ccc(F)cc1)S(=O)(=O)c1ccc2c(c1)OCCO2)c1ccc2c(c1)CCC2. The molecule has 188 valence electrons. The molecule has 7 nitrogen and oxygen atoms in total. The van der Waals surface area contributed by atoms with Gasteiger partial charge < -0.3 is 14.8 Å². The highest BCUT2D eigenvalue weighted by molar-refractivity contribution is 7.92. The third-order valence-corrected chi connectivity index (χ3v) is 8.27. The first kappa shape index (κ1) is 24.1. The van der Waals surface area contributed by atoms with Gasteiger partial charge in [-0.25, -0.2) is 12.8 Å². The first-order valence-corrected chi connectivity index (χ1v) is 13.3. The Kier molecular flexibility index (Phi) is 6.57. The topological polar surface area (TPSA) is 84.9 Å². The van der Waals surface area contributed by atoms with Crippen molar-refractivity contribution in [3.05, 3.63) is 83.2 Å². The van der Waals surface area contributed by atoms with Gasteiger partial charge in [0.25, 0.3) is 10.0 Å². The van der Waals surface area contributed by atoms with Gasteiger partial charge in [-0.05, 0) is 79.3 Å². The number of benzene rings is 3. The molecule has 0 spiro atoms. The third-order valence-electron chi connectivity index (χ3n) is 6.50. The smallest absolute Gasteiger partial charge is 0.264 e. The maximum Gasteiger partial charge on any atom is 0.264 e. The van der Waals surface area contributed by atoms with Crippen LogP contribution >= 0.6 is 0 Å². The van der Waals surface area contributed by atoms with Crippen molar-refractivity contribution in [3.8, 4) is 11.5 Å². The van der Waals surface area contributed by atoms with Gasteiger partial charge in [0.1, 0.15) is 25.6 Å². The summed E-state index contributed by atoms with van der Waals surface area (Å²) in [6.45, 7) is 2.08. The number of fused-ring (bicyclic) bond motifs is 2. The number of aryl methyl sites for hydroxylation is 2. The Bertz CT molecular complexity index is 1390. The van der Waals surface area contributed by atoms with Crippen molar-refractivity contribution in [2.24, 2.45) is 0 Å². The molecule has 3 aromatic carbocycles.